The van der Waals surface area contributed by atoms with E-state index < -0.39 is 18.1 Å². The fraction of sp³-hybridized carbons (Fsp3) is 0.128. The molecule has 0 bridgehead atoms. The number of imidazole rings is 1. The molecule has 4 N–H and O–H groups in total. The van der Waals surface area contributed by atoms with Gasteiger partial charge in [0.25, 0.3) is 11.8 Å². The molecule has 0 aliphatic rings. The molecule has 3 aromatic carbocycles. The van der Waals surface area contributed by atoms with Gasteiger partial charge >= 0.3 is 0 Å². The molecule has 0 saturated carbocycles. The van der Waals surface area contributed by atoms with Crippen molar-refractivity contribution in [1.82, 2.24) is 29.8 Å². The second-order valence-corrected chi connectivity index (χ2v) is 12.9. The maximum atomic E-state index is 14.0. The number of fused-ring (bicyclic) bond motifs is 1. The molecule has 262 valence electrons. The van der Waals surface area contributed by atoms with Crippen LogP contribution < -0.4 is 16.0 Å². The summed E-state index contributed by atoms with van der Waals surface area (Å²) in [6.45, 7) is 1.94. The van der Waals surface area contributed by atoms with Gasteiger partial charge in [-0.05, 0) is 84.4 Å². The third-order valence-corrected chi connectivity index (χ3v) is 9.40. The van der Waals surface area contributed by atoms with Crippen LogP contribution in [-0.4, -0.2) is 54.6 Å². The van der Waals surface area contributed by atoms with Gasteiger partial charge in [-0.2, -0.15) is 0 Å². The van der Waals surface area contributed by atoms with Crippen LogP contribution in [0.2, 0.25) is 0 Å². The first-order chi connectivity index (χ1) is 24.9. The zero-order chi connectivity index (χ0) is 35.3. The van der Waals surface area contributed by atoms with Gasteiger partial charge in [0, 0.05) is 48.1 Å². The van der Waals surface area contributed by atoms with Crippen LogP contribution in [0, 0.1) is 6.92 Å². The molecule has 2 atom stereocenters. The summed E-state index contributed by atoms with van der Waals surface area (Å²) in [5.74, 6) is 0.168. The van der Waals surface area contributed by atoms with Crippen LogP contribution in [0.5, 0.6) is 0 Å². The number of rotatable bonds is 11. The lowest BCUT2D eigenvalue weighted by atomic mass is 9.99. The van der Waals surface area contributed by atoms with Gasteiger partial charge in [0.15, 0.2) is 11.9 Å². The number of halogens is 1. The number of benzene rings is 3. The molecule has 0 radical (unpaired) electrons. The number of aryl methyl sites for hydroxylation is 1. The maximum Gasteiger partial charge on any atom is 0.255 e. The van der Waals surface area contributed by atoms with Crippen LogP contribution in [-0.2, 0) is 11.2 Å². The topological polar surface area (TPSA) is 147 Å². The van der Waals surface area contributed by atoms with E-state index in [1.54, 1.807) is 49.9 Å². The monoisotopic (exact) mass is 730 g/mol. The molecule has 0 unspecified atom stereocenters. The fourth-order valence-electron chi connectivity index (χ4n) is 5.94. The Morgan fingerprint density at radius 1 is 0.923 bits per heavy atom. The van der Waals surface area contributed by atoms with Crippen LogP contribution >= 0.6 is 23.7 Å². The molecule has 13 heteroatoms. The van der Waals surface area contributed by atoms with Crippen LogP contribution in [0.15, 0.2) is 121 Å². The zero-order valence-electron chi connectivity index (χ0n) is 28.2. The van der Waals surface area contributed by atoms with Gasteiger partial charge in [-0.25, -0.2) is 15.0 Å². The number of hydrogen-bond acceptors (Lipinski definition) is 9. The minimum absolute atomic E-state index is 0. The normalized spacial score (nSPS) is 12.1. The van der Waals surface area contributed by atoms with Crippen LogP contribution in [0.4, 0.5) is 17.3 Å². The Kier molecular flexibility index (Phi) is 11.0. The highest BCUT2D eigenvalue weighted by Crippen LogP contribution is 2.35. The third-order valence-electron chi connectivity index (χ3n) is 8.54. The molecule has 0 aliphatic heterocycles. The molecule has 0 saturated heterocycles. The summed E-state index contributed by atoms with van der Waals surface area (Å²) in [4.78, 5) is 45.5. The smallest absolute Gasteiger partial charge is 0.255 e. The van der Waals surface area contributed by atoms with Gasteiger partial charge < -0.3 is 25.6 Å². The number of nitrogens with zero attached hydrogens (tertiary/aromatic N) is 5. The lowest BCUT2D eigenvalue weighted by molar-refractivity contribution is -0.126. The molecule has 2 amide bonds. The van der Waals surface area contributed by atoms with Crippen LogP contribution in [0.1, 0.15) is 27.5 Å². The van der Waals surface area contributed by atoms with Gasteiger partial charge in [-0.3, -0.25) is 14.6 Å². The van der Waals surface area contributed by atoms with Crippen molar-refractivity contribution >= 4 is 63.9 Å². The number of anilines is 3. The summed E-state index contributed by atoms with van der Waals surface area (Å²) < 4.78 is 1.92. The lowest BCUT2D eigenvalue weighted by Gasteiger charge is -2.26. The Bertz CT molecular complexity index is 2320. The Morgan fingerprint density at radius 3 is 2.52 bits per heavy atom. The molecule has 4 heterocycles. The molecular weight excluding hydrogens is 696 g/mol. The number of amides is 2. The van der Waals surface area contributed by atoms with Crippen molar-refractivity contribution in [2.45, 2.75) is 25.5 Å². The van der Waals surface area contributed by atoms with E-state index in [0.29, 0.717) is 51.9 Å². The van der Waals surface area contributed by atoms with Gasteiger partial charge in [0.05, 0.1) is 27.6 Å². The van der Waals surface area contributed by atoms with Crippen molar-refractivity contribution in [3.05, 3.63) is 138 Å². The minimum atomic E-state index is -1.49. The average Bonchev–Trinajstić information content (AvgIpc) is 3.84. The van der Waals surface area contributed by atoms with Crippen molar-refractivity contribution in [1.29, 1.82) is 0 Å². The van der Waals surface area contributed by atoms with Crippen molar-refractivity contribution in [2.75, 3.05) is 17.7 Å². The largest absolute Gasteiger partial charge is 0.381 e. The number of thiophene rings is 1. The molecule has 7 rings (SSSR count). The van der Waals surface area contributed by atoms with E-state index in [-0.39, 0.29) is 18.3 Å². The van der Waals surface area contributed by atoms with E-state index in [4.69, 9.17) is 4.98 Å². The van der Waals surface area contributed by atoms with E-state index >= 15 is 0 Å². The van der Waals surface area contributed by atoms with Crippen molar-refractivity contribution in [3.63, 3.8) is 0 Å². The van der Waals surface area contributed by atoms with Crippen molar-refractivity contribution in [2.24, 2.45) is 0 Å². The summed E-state index contributed by atoms with van der Waals surface area (Å²) in [5, 5.41) is 22.8. The Morgan fingerprint density at radius 2 is 1.77 bits per heavy atom. The highest BCUT2D eigenvalue weighted by Gasteiger charge is 2.32. The molecule has 7 aromatic rings. The summed E-state index contributed by atoms with van der Waals surface area (Å²) >= 11 is 1.50. The molecule has 52 heavy (non-hydrogen) atoms. The Labute approximate surface area is 310 Å². The van der Waals surface area contributed by atoms with Crippen LogP contribution in [0.3, 0.4) is 0 Å². The van der Waals surface area contributed by atoms with E-state index in [2.05, 4.69) is 30.9 Å². The number of aliphatic hydroxyl groups excluding tert-OH is 1. The zero-order valence-corrected chi connectivity index (χ0v) is 29.9. The van der Waals surface area contributed by atoms with Gasteiger partial charge in [-0.15, -0.1) is 23.7 Å². The van der Waals surface area contributed by atoms with E-state index in [1.807, 2.05) is 89.7 Å². The lowest BCUT2D eigenvalue weighted by Crippen LogP contribution is -2.37. The fourth-order valence-corrected chi connectivity index (χ4v) is 6.65. The number of nitrogens with one attached hydrogen (secondary N) is 3. The number of carbonyl (C=O) groups is 2. The molecule has 0 aliphatic carbocycles. The second kappa shape index (κ2) is 15.9. The first-order valence-corrected chi connectivity index (χ1v) is 17.2. The molecule has 4 aromatic heterocycles. The summed E-state index contributed by atoms with van der Waals surface area (Å²) in [7, 11) is 1.58. The first-order valence-electron chi connectivity index (χ1n) is 16.3. The van der Waals surface area contributed by atoms with Crippen molar-refractivity contribution < 1.29 is 14.7 Å². The molecular formula is C39H35ClN8O3S. The van der Waals surface area contributed by atoms with Gasteiger partial charge in [0.1, 0.15) is 0 Å². The highest BCUT2D eigenvalue weighted by molar-refractivity contribution is 7.13. The van der Waals surface area contributed by atoms with Crippen molar-refractivity contribution in [3.8, 4) is 22.0 Å². The van der Waals surface area contributed by atoms with E-state index in [9.17, 15) is 14.7 Å². The molecule has 11 nitrogen and oxygen atoms in total. The summed E-state index contributed by atoms with van der Waals surface area (Å²) in [5.41, 5.74) is 6.33. The van der Waals surface area contributed by atoms with Gasteiger partial charge in [0.2, 0.25) is 5.95 Å². The average molecular weight is 731 g/mol. The van der Waals surface area contributed by atoms with E-state index in [0.717, 1.165) is 21.6 Å². The first kappa shape index (κ1) is 35.9. The third kappa shape index (κ3) is 7.69. The van der Waals surface area contributed by atoms with Crippen LogP contribution in [0.25, 0.3) is 33.0 Å². The Balaban J connectivity index is 0.00000464. The predicted molar refractivity (Wildman–Crippen MR) is 207 cm³/mol. The standard InChI is InChI=1S/C39H34N8O3S.ClH/c1-24-12-14-28(22-30(24)46-39-42-18-16-29(45-39)27-10-6-17-41-23-27)43-38(50)35(48)33(20-25-8-4-3-5-9-25)47-32-15-13-26(37(49)40-2)21-31(32)44-36(47)34-11-7-19-51-34;/h3-19,21-23,33,35,48H,20H2,1-2H3,(H,40,49)(H,43,50)(H,42,45,46);1H/t33-,35+;/m1./s1. The molecule has 0 fully saturated rings. The maximum absolute atomic E-state index is 14.0. The highest BCUT2D eigenvalue weighted by atomic mass is 35.5. The second-order valence-electron chi connectivity index (χ2n) is 11.9. The number of aromatic nitrogens is 5. The predicted octanol–water partition coefficient (Wildman–Crippen LogP) is 7.23. The number of hydrogen-bond donors (Lipinski definition) is 4. The Hall–Kier alpha value is -5.95. The number of carbonyl (C=O) groups excluding carboxylic acids is 2. The SMILES string of the molecule is CNC(=O)c1ccc2c(c1)nc(-c1cccs1)n2[C@H](Cc1ccccc1)[C@H](O)C(=O)Nc1ccc(C)c(Nc2nccc(-c3cccnc3)n2)c1.Cl. The molecule has 0 spiro atoms. The summed E-state index contributed by atoms with van der Waals surface area (Å²) in [6.07, 6.45) is 3.96. The summed E-state index contributed by atoms with van der Waals surface area (Å²) in [6, 6.07) is 29.1. The number of aliphatic hydroxyl groups is 1. The number of pyridine rings is 1. The quantitative estimate of drug-likeness (QED) is 0.109. The van der Waals surface area contributed by atoms with E-state index in [1.165, 1.54) is 11.3 Å². The van der Waals surface area contributed by atoms with Gasteiger partial charge in [-0.1, -0.05) is 42.5 Å². The minimum Gasteiger partial charge on any atom is -0.381 e.